The van der Waals surface area contributed by atoms with Crippen molar-refractivity contribution in [2.45, 2.75) is 33.1 Å². The molecule has 0 amide bonds. The van der Waals surface area contributed by atoms with Crippen molar-refractivity contribution in [3.63, 3.8) is 0 Å². The number of aliphatic carboxylic acids is 1. The maximum atomic E-state index is 10.8. The highest BCUT2D eigenvalue weighted by Gasteiger charge is 2.60. The lowest BCUT2D eigenvalue weighted by Gasteiger charge is -2.16. The number of rotatable bonds is 2. The van der Waals surface area contributed by atoms with Gasteiger partial charge in [-0.3, -0.25) is 4.79 Å². The van der Waals surface area contributed by atoms with Gasteiger partial charge in [-0.25, -0.2) is 0 Å². The van der Waals surface area contributed by atoms with Gasteiger partial charge in [-0.15, -0.1) is 0 Å². The molecule has 0 radical (unpaired) electrons. The predicted octanol–water partition coefficient (Wildman–Crippen LogP) is 2.45. The topological polar surface area (TPSA) is 37.3 Å². The second kappa shape index (κ2) is 2.60. The molecule has 2 nitrogen and oxygen atoms in total. The van der Waals surface area contributed by atoms with E-state index in [2.05, 4.69) is 6.08 Å². The van der Waals surface area contributed by atoms with Crippen LogP contribution in [0.2, 0.25) is 0 Å². The number of carbonyl (C=O) groups is 1. The van der Waals surface area contributed by atoms with E-state index in [-0.39, 0.29) is 11.3 Å². The molecule has 2 rings (SSSR count). The molecule has 0 unspecified atom stereocenters. The lowest BCUT2D eigenvalue weighted by atomic mass is 9.90. The van der Waals surface area contributed by atoms with Crippen molar-refractivity contribution in [1.29, 1.82) is 0 Å². The van der Waals surface area contributed by atoms with Crippen LogP contribution in [0, 0.1) is 17.3 Å². The Balaban J connectivity index is 2.06. The van der Waals surface area contributed by atoms with Crippen LogP contribution in [0.5, 0.6) is 0 Å². The lowest BCUT2D eigenvalue weighted by Crippen LogP contribution is -2.03. The van der Waals surface area contributed by atoms with Crippen LogP contribution < -0.4 is 0 Å². The average molecular weight is 180 g/mol. The van der Waals surface area contributed by atoms with E-state index in [1.54, 1.807) is 0 Å². The Labute approximate surface area is 78.6 Å². The van der Waals surface area contributed by atoms with Crippen LogP contribution in [-0.4, -0.2) is 11.1 Å². The predicted molar refractivity (Wildman–Crippen MR) is 50.3 cm³/mol. The Bertz CT molecular complexity index is 270. The molecule has 0 bridgehead atoms. The van der Waals surface area contributed by atoms with Gasteiger partial charge >= 0.3 is 5.97 Å². The molecule has 0 aromatic heterocycles. The van der Waals surface area contributed by atoms with Gasteiger partial charge in [0.2, 0.25) is 0 Å². The summed E-state index contributed by atoms with van der Waals surface area (Å²) >= 11 is 0. The first-order chi connectivity index (χ1) is 6.03. The fourth-order valence-electron chi connectivity index (χ4n) is 2.26. The van der Waals surface area contributed by atoms with Crippen LogP contribution in [0.4, 0.5) is 0 Å². The molecule has 72 valence electrons. The number of carboxylic acid groups (broad SMARTS) is 1. The smallest absolute Gasteiger partial charge is 0.307 e. The summed E-state index contributed by atoms with van der Waals surface area (Å²) in [6, 6.07) is 0. The van der Waals surface area contributed by atoms with Crippen molar-refractivity contribution < 1.29 is 9.90 Å². The maximum Gasteiger partial charge on any atom is 0.307 e. The molecule has 2 aliphatic carbocycles. The second-order valence-corrected chi connectivity index (χ2v) is 4.84. The Hall–Kier alpha value is -0.790. The molecule has 0 aliphatic heterocycles. The van der Waals surface area contributed by atoms with E-state index < -0.39 is 5.97 Å². The van der Waals surface area contributed by atoms with Crippen LogP contribution >= 0.6 is 0 Å². The Kier molecular flexibility index (Phi) is 1.76. The van der Waals surface area contributed by atoms with Crippen molar-refractivity contribution in [2.24, 2.45) is 17.3 Å². The largest absolute Gasteiger partial charge is 0.481 e. The third-order valence-electron chi connectivity index (χ3n) is 3.59. The summed E-state index contributed by atoms with van der Waals surface area (Å²) in [5, 5.41) is 8.93. The third-order valence-corrected chi connectivity index (χ3v) is 3.59. The van der Waals surface area contributed by atoms with Crippen molar-refractivity contribution in [1.82, 2.24) is 0 Å². The van der Waals surface area contributed by atoms with Gasteiger partial charge in [0.1, 0.15) is 0 Å². The summed E-state index contributed by atoms with van der Waals surface area (Å²) in [4.78, 5) is 10.8. The van der Waals surface area contributed by atoms with Crippen LogP contribution in [-0.2, 0) is 4.79 Å². The van der Waals surface area contributed by atoms with Gasteiger partial charge in [0.05, 0.1) is 5.92 Å². The zero-order valence-electron chi connectivity index (χ0n) is 8.21. The highest BCUT2D eigenvalue weighted by Crippen LogP contribution is 2.59. The van der Waals surface area contributed by atoms with Gasteiger partial charge in [0.15, 0.2) is 0 Å². The van der Waals surface area contributed by atoms with Crippen molar-refractivity contribution in [3.05, 3.63) is 11.6 Å². The standard InChI is InChI=1S/C11H16O2/c1-11(2)8(9(11)10(12)13)6-7-4-3-5-7/h6,8-9H,3-5H2,1-2H3,(H,12,13)/t8-,9+/m1/s1. The Morgan fingerprint density at radius 3 is 2.46 bits per heavy atom. The molecule has 0 spiro atoms. The summed E-state index contributed by atoms with van der Waals surface area (Å²) in [5.74, 6) is -0.480. The van der Waals surface area contributed by atoms with E-state index in [0.717, 1.165) is 0 Å². The molecular formula is C11H16O2. The molecule has 2 aliphatic rings. The summed E-state index contributed by atoms with van der Waals surface area (Å²) in [5.41, 5.74) is 1.47. The first kappa shape index (κ1) is 8.79. The van der Waals surface area contributed by atoms with Crippen molar-refractivity contribution >= 4 is 5.97 Å². The first-order valence-corrected chi connectivity index (χ1v) is 4.96. The number of allylic oxidation sites excluding steroid dienone is 2. The van der Waals surface area contributed by atoms with E-state index in [1.165, 1.54) is 24.8 Å². The Morgan fingerprint density at radius 2 is 2.15 bits per heavy atom. The molecule has 2 heteroatoms. The SMILES string of the molecule is CC1(C)[C@H](C=C2CCC2)[C@H]1C(=O)O. The average Bonchev–Trinajstić information content (AvgIpc) is 2.44. The summed E-state index contributed by atoms with van der Waals surface area (Å²) in [6.07, 6.45) is 5.89. The zero-order valence-corrected chi connectivity index (χ0v) is 8.21. The molecule has 0 aromatic carbocycles. The molecule has 0 saturated heterocycles. The summed E-state index contributed by atoms with van der Waals surface area (Å²) < 4.78 is 0. The molecule has 1 N–H and O–H groups in total. The van der Waals surface area contributed by atoms with Gasteiger partial charge in [-0.05, 0) is 30.6 Å². The van der Waals surface area contributed by atoms with E-state index in [0.29, 0.717) is 5.92 Å². The van der Waals surface area contributed by atoms with Crippen LogP contribution in [0.15, 0.2) is 11.6 Å². The minimum Gasteiger partial charge on any atom is -0.481 e. The van der Waals surface area contributed by atoms with Crippen molar-refractivity contribution in [2.75, 3.05) is 0 Å². The Morgan fingerprint density at radius 1 is 1.54 bits per heavy atom. The molecule has 0 aromatic rings. The molecule has 13 heavy (non-hydrogen) atoms. The monoisotopic (exact) mass is 180 g/mol. The van der Waals surface area contributed by atoms with Crippen LogP contribution in [0.1, 0.15) is 33.1 Å². The van der Waals surface area contributed by atoms with Crippen LogP contribution in [0.25, 0.3) is 0 Å². The van der Waals surface area contributed by atoms with Gasteiger partial charge < -0.3 is 5.11 Å². The fraction of sp³-hybridized carbons (Fsp3) is 0.727. The molecule has 2 atom stereocenters. The van der Waals surface area contributed by atoms with E-state index in [9.17, 15) is 4.79 Å². The van der Waals surface area contributed by atoms with E-state index in [1.807, 2.05) is 13.8 Å². The van der Waals surface area contributed by atoms with Gasteiger partial charge in [-0.1, -0.05) is 25.5 Å². The minimum absolute atomic E-state index is 0.00553. The van der Waals surface area contributed by atoms with Gasteiger partial charge in [0.25, 0.3) is 0 Å². The first-order valence-electron chi connectivity index (χ1n) is 4.96. The number of hydrogen-bond acceptors (Lipinski definition) is 1. The fourth-order valence-corrected chi connectivity index (χ4v) is 2.26. The number of carboxylic acids is 1. The quantitative estimate of drug-likeness (QED) is 0.663. The molecular weight excluding hydrogens is 164 g/mol. The number of hydrogen-bond donors (Lipinski definition) is 1. The van der Waals surface area contributed by atoms with Gasteiger partial charge in [0, 0.05) is 0 Å². The zero-order chi connectivity index (χ0) is 9.64. The van der Waals surface area contributed by atoms with Crippen LogP contribution in [0.3, 0.4) is 0 Å². The minimum atomic E-state index is -0.633. The molecule has 2 fully saturated rings. The van der Waals surface area contributed by atoms with E-state index >= 15 is 0 Å². The van der Waals surface area contributed by atoms with Crippen molar-refractivity contribution in [3.8, 4) is 0 Å². The lowest BCUT2D eigenvalue weighted by molar-refractivity contribution is -0.139. The maximum absolute atomic E-state index is 10.8. The highest BCUT2D eigenvalue weighted by molar-refractivity contribution is 5.76. The second-order valence-electron chi connectivity index (χ2n) is 4.84. The summed E-state index contributed by atoms with van der Waals surface area (Å²) in [6.45, 7) is 4.10. The normalized spacial score (nSPS) is 35.1. The van der Waals surface area contributed by atoms with Gasteiger partial charge in [-0.2, -0.15) is 0 Å². The molecule has 2 saturated carbocycles. The third kappa shape index (κ3) is 1.28. The summed E-state index contributed by atoms with van der Waals surface area (Å²) in [7, 11) is 0. The highest BCUT2D eigenvalue weighted by atomic mass is 16.4. The van der Waals surface area contributed by atoms with E-state index in [4.69, 9.17) is 5.11 Å². The molecule has 0 heterocycles.